The van der Waals surface area contributed by atoms with E-state index < -0.39 is 21.0 Å². The van der Waals surface area contributed by atoms with Gasteiger partial charge < -0.3 is 11.1 Å². The van der Waals surface area contributed by atoms with Crippen molar-refractivity contribution >= 4 is 15.7 Å². The summed E-state index contributed by atoms with van der Waals surface area (Å²) in [5, 5.41) is 1.80. The predicted octanol–water partition coefficient (Wildman–Crippen LogP) is 0.443. The van der Waals surface area contributed by atoms with E-state index in [4.69, 9.17) is 5.73 Å². The number of nitrogens with two attached hydrogens (primary N) is 1. The first kappa shape index (κ1) is 15.4. The molecule has 3 N–H and O–H groups in total. The average Bonchev–Trinajstić information content (AvgIpc) is 2.34. The monoisotopic (exact) mass is 276 g/mol. The number of hydrogen-bond acceptors (Lipinski definition) is 4. The van der Waals surface area contributed by atoms with Gasteiger partial charge in [-0.1, -0.05) is 19.3 Å². The molecule has 0 aliphatic heterocycles. The maximum Gasteiger partial charge on any atom is 0.238 e. The van der Waals surface area contributed by atoms with Crippen molar-refractivity contribution in [3.05, 3.63) is 0 Å². The molecule has 1 amide bonds. The van der Waals surface area contributed by atoms with Crippen molar-refractivity contribution in [3.8, 4) is 0 Å². The number of sulfone groups is 1. The van der Waals surface area contributed by atoms with Gasteiger partial charge in [0.2, 0.25) is 5.91 Å². The van der Waals surface area contributed by atoms with Crippen LogP contribution in [-0.4, -0.2) is 38.4 Å². The molecule has 106 valence electrons. The molecule has 18 heavy (non-hydrogen) atoms. The van der Waals surface area contributed by atoms with Gasteiger partial charge in [-0.25, -0.2) is 8.42 Å². The molecular formula is C12H24N2O3S. The smallest absolute Gasteiger partial charge is 0.238 e. The first-order chi connectivity index (χ1) is 8.36. The minimum absolute atomic E-state index is 0.0954. The summed E-state index contributed by atoms with van der Waals surface area (Å²) < 4.78 is 22.7. The third-order valence-electron chi connectivity index (χ3n) is 3.81. The van der Waals surface area contributed by atoms with Crippen LogP contribution in [0.15, 0.2) is 0 Å². The molecule has 0 aromatic carbocycles. The number of carbonyl (C=O) groups excluding carboxylic acids is 1. The van der Waals surface area contributed by atoms with Gasteiger partial charge in [-0.15, -0.1) is 0 Å². The molecule has 0 heterocycles. The summed E-state index contributed by atoms with van der Waals surface area (Å²) in [6.07, 6.45) is 6.78. The standard InChI is InChI=1S/C12H24N2O3S/c1-9(18(2,16)17)12(15)14-11(8-13)10-6-4-3-5-7-10/h9-11H,3-8,13H2,1-2H3,(H,14,15). The van der Waals surface area contributed by atoms with Gasteiger partial charge in [-0.3, -0.25) is 4.79 Å². The lowest BCUT2D eigenvalue weighted by atomic mass is 9.84. The lowest BCUT2D eigenvalue weighted by Gasteiger charge is -2.30. The van der Waals surface area contributed by atoms with Crippen molar-refractivity contribution in [1.29, 1.82) is 0 Å². The third-order valence-corrected chi connectivity index (χ3v) is 5.31. The second-order valence-corrected chi connectivity index (χ2v) is 7.59. The van der Waals surface area contributed by atoms with Crippen LogP contribution in [0.1, 0.15) is 39.0 Å². The van der Waals surface area contributed by atoms with E-state index in [2.05, 4.69) is 5.32 Å². The molecule has 1 aliphatic rings. The minimum Gasteiger partial charge on any atom is -0.351 e. The Kier molecular flexibility index (Phi) is 5.59. The van der Waals surface area contributed by atoms with Gasteiger partial charge in [-0.05, 0) is 25.7 Å². The van der Waals surface area contributed by atoms with Crippen molar-refractivity contribution in [2.75, 3.05) is 12.8 Å². The summed E-state index contributed by atoms with van der Waals surface area (Å²) in [5.74, 6) is -0.0435. The highest BCUT2D eigenvalue weighted by molar-refractivity contribution is 7.92. The van der Waals surface area contributed by atoms with E-state index in [0.717, 1.165) is 19.1 Å². The first-order valence-electron chi connectivity index (χ1n) is 6.55. The van der Waals surface area contributed by atoms with Crippen LogP contribution in [0, 0.1) is 5.92 Å². The Bertz CT molecular complexity index is 375. The fourth-order valence-electron chi connectivity index (χ4n) is 2.40. The summed E-state index contributed by atoms with van der Waals surface area (Å²) in [6, 6.07) is -0.0954. The van der Waals surface area contributed by atoms with Crippen LogP contribution in [0.25, 0.3) is 0 Å². The fraction of sp³-hybridized carbons (Fsp3) is 0.917. The van der Waals surface area contributed by atoms with E-state index in [0.29, 0.717) is 12.5 Å². The number of rotatable bonds is 5. The van der Waals surface area contributed by atoms with Gasteiger partial charge in [-0.2, -0.15) is 0 Å². The summed E-state index contributed by atoms with van der Waals surface area (Å²) in [6.45, 7) is 1.78. The van der Waals surface area contributed by atoms with E-state index in [1.165, 1.54) is 26.2 Å². The molecule has 0 aromatic rings. The van der Waals surface area contributed by atoms with Gasteiger partial charge in [0.05, 0.1) is 0 Å². The van der Waals surface area contributed by atoms with Gasteiger partial charge >= 0.3 is 0 Å². The minimum atomic E-state index is -3.34. The zero-order valence-corrected chi connectivity index (χ0v) is 12.0. The van der Waals surface area contributed by atoms with E-state index in [1.807, 2.05) is 0 Å². The van der Waals surface area contributed by atoms with Crippen LogP contribution in [0.3, 0.4) is 0 Å². The van der Waals surface area contributed by atoms with Crippen molar-refractivity contribution < 1.29 is 13.2 Å². The summed E-state index contributed by atoms with van der Waals surface area (Å²) in [4.78, 5) is 11.9. The zero-order valence-electron chi connectivity index (χ0n) is 11.2. The van der Waals surface area contributed by atoms with E-state index in [-0.39, 0.29) is 6.04 Å². The second kappa shape index (κ2) is 6.52. The molecule has 0 bridgehead atoms. The molecule has 0 radical (unpaired) electrons. The Labute approximate surface area is 109 Å². The largest absolute Gasteiger partial charge is 0.351 e. The quantitative estimate of drug-likeness (QED) is 0.762. The highest BCUT2D eigenvalue weighted by Crippen LogP contribution is 2.26. The molecule has 0 aromatic heterocycles. The first-order valence-corrected chi connectivity index (χ1v) is 8.51. The average molecular weight is 276 g/mol. The summed E-state index contributed by atoms with van der Waals surface area (Å²) in [7, 11) is -3.34. The summed E-state index contributed by atoms with van der Waals surface area (Å²) >= 11 is 0. The Balaban J connectivity index is 2.59. The molecule has 1 saturated carbocycles. The van der Waals surface area contributed by atoms with Crippen LogP contribution >= 0.6 is 0 Å². The van der Waals surface area contributed by atoms with Crippen LogP contribution in [0.4, 0.5) is 0 Å². The van der Waals surface area contributed by atoms with E-state index in [1.54, 1.807) is 0 Å². The SMILES string of the molecule is CC(C(=O)NC(CN)C1CCCCC1)S(C)(=O)=O. The van der Waals surface area contributed by atoms with Crippen molar-refractivity contribution in [2.24, 2.45) is 11.7 Å². The molecule has 6 heteroatoms. The lowest BCUT2D eigenvalue weighted by molar-refractivity contribution is -0.121. The fourth-order valence-corrected chi connectivity index (χ4v) is 2.86. The molecule has 1 fully saturated rings. The van der Waals surface area contributed by atoms with E-state index in [9.17, 15) is 13.2 Å². The molecule has 0 spiro atoms. The number of carbonyl (C=O) groups is 1. The van der Waals surface area contributed by atoms with Crippen LogP contribution in [0.5, 0.6) is 0 Å². The van der Waals surface area contributed by atoms with Crippen LogP contribution < -0.4 is 11.1 Å². The Morgan fingerprint density at radius 3 is 2.33 bits per heavy atom. The molecule has 0 saturated heterocycles. The maximum absolute atomic E-state index is 11.9. The Morgan fingerprint density at radius 1 is 1.33 bits per heavy atom. The molecule has 1 rings (SSSR count). The maximum atomic E-state index is 11.9. The molecule has 5 nitrogen and oxygen atoms in total. The number of hydrogen-bond donors (Lipinski definition) is 2. The normalized spacial score (nSPS) is 21.3. The second-order valence-electron chi connectivity index (χ2n) is 5.22. The topological polar surface area (TPSA) is 89.3 Å². The molecule has 2 unspecified atom stereocenters. The van der Waals surface area contributed by atoms with Gasteiger partial charge in [0.1, 0.15) is 5.25 Å². The van der Waals surface area contributed by atoms with Gasteiger partial charge in [0.15, 0.2) is 9.84 Å². The van der Waals surface area contributed by atoms with Crippen LogP contribution in [0.2, 0.25) is 0 Å². The van der Waals surface area contributed by atoms with Gasteiger partial charge in [0.25, 0.3) is 0 Å². The Morgan fingerprint density at radius 2 is 1.89 bits per heavy atom. The Hall–Kier alpha value is -0.620. The van der Waals surface area contributed by atoms with Crippen molar-refractivity contribution in [1.82, 2.24) is 5.32 Å². The third kappa shape index (κ3) is 4.24. The van der Waals surface area contributed by atoms with E-state index >= 15 is 0 Å². The highest BCUT2D eigenvalue weighted by atomic mass is 32.2. The number of amides is 1. The molecular weight excluding hydrogens is 252 g/mol. The molecule has 2 atom stereocenters. The van der Waals surface area contributed by atoms with Crippen LogP contribution in [-0.2, 0) is 14.6 Å². The number of nitrogens with one attached hydrogen (secondary N) is 1. The lowest BCUT2D eigenvalue weighted by Crippen LogP contribution is -2.50. The van der Waals surface area contributed by atoms with Gasteiger partial charge in [0, 0.05) is 18.8 Å². The van der Waals surface area contributed by atoms with Crippen molar-refractivity contribution in [3.63, 3.8) is 0 Å². The summed E-state index contributed by atoms with van der Waals surface area (Å²) in [5.41, 5.74) is 5.70. The zero-order chi connectivity index (χ0) is 13.8. The predicted molar refractivity (Wildman–Crippen MR) is 71.9 cm³/mol. The molecule has 1 aliphatic carbocycles. The van der Waals surface area contributed by atoms with Crippen molar-refractivity contribution in [2.45, 2.75) is 50.3 Å². The highest BCUT2D eigenvalue weighted by Gasteiger charge is 2.29.